The van der Waals surface area contributed by atoms with Crippen molar-refractivity contribution in [1.82, 2.24) is 10.6 Å². The second-order valence-electron chi connectivity index (χ2n) is 8.62. The molecule has 1 atom stereocenters. The van der Waals surface area contributed by atoms with Crippen molar-refractivity contribution in [2.24, 2.45) is 10.9 Å². The van der Waals surface area contributed by atoms with Crippen molar-refractivity contribution in [3.8, 4) is 0 Å². The van der Waals surface area contributed by atoms with Crippen LogP contribution >= 0.6 is 0 Å². The zero-order chi connectivity index (χ0) is 20.2. The molecule has 2 N–H and O–H groups in total. The number of nitrogens with zero attached hydrogens (tertiary/aromatic N) is 2. The number of carbonyl (C=O) groups is 2. The topological polar surface area (TPSA) is 73.8 Å². The molecule has 0 radical (unpaired) electrons. The van der Waals surface area contributed by atoms with Crippen molar-refractivity contribution in [2.75, 3.05) is 11.9 Å². The van der Waals surface area contributed by atoms with E-state index in [0.29, 0.717) is 5.92 Å². The van der Waals surface area contributed by atoms with Crippen molar-refractivity contribution in [3.63, 3.8) is 0 Å². The molecule has 1 aliphatic heterocycles. The first-order valence-corrected chi connectivity index (χ1v) is 11.1. The quantitative estimate of drug-likeness (QED) is 0.811. The number of anilines is 1. The molecule has 0 bridgehead atoms. The van der Waals surface area contributed by atoms with Gasteiger partial charge in [-0.1, -0.05) is 56.7 Å². The number of benzene rings is 1. The third kappa shape index (κ3) is 4.46. The van der Waals surface area contributed by atoms with Crippen LogP contribution < -0.4 is 15.5 Å². The molecule has 2 aliphatic carbocycles. The number of aliphatic imine (C=N–C) groups is 1. The number of likely N-dealkylation sites (N-methyl/N-ethyl adjacent to an activating group) is 1. The summed E-state index contributed by atoms with van der Waals surface area (Å²) in [6.07, 6.45) is 10.5. The molecule has 0 spiro atoms. The molecule has 0 aromatic heterocycles. The minimum absolute atomic E-state index is 0.193. The van der Waals surface area contributed by atoms with Gasteiger partial charge in [-0.25, -0.2) is 4.79 Å². The van der Waals surface area contributed by atoms with Gasteiger partial charge in [0, 0.05) is 24.6 Å². The first-order chi connectivity index (χ1) is 14.1. The van der Waals surface area contributed by atoms with Gasteiger partial charge >= 0.3 is 6.03 Å². The van der Waals surface area contributed by atoms with Crippen LogP contribution in [0.15, 0.2) is 29.3 Å². The predicted octanol–water partition coefficient (Wildman–Crippen LogP) is 3.99. The van der Waals surface area contributed by atoms with Crippen LogP contribution in [0.2, 0.25) is 0 Å². The molecule has 2 saturated carbocycles. The fraction of sp³-hybridized carbons (Fsp3) is 0.609. The van der Waals surface area contributed by atoms with Gasteiger partial charge in [-0.15, -0.1) is 0 Å². The maximum absolute atomic E-state index is 13.1. The third-order valence-corrected chi connectivity index (χ3v) is 6.57. The number of urea groups is 1. The van der Waals surface area contributed by atoms with Gasteiger partial charge in [-0.2, -0.15) is 0 Å². The van der Waals surface area contributed by atoms with E-state index in [1.54, 1.807) is 11.9 Å². The Kier molecular flexibility index (Phi) is 6.16. The molecule has 3 amide bonds. The average Bonchev–Trinajstić information content (AvgIpc) is 2.86. The number of para-hydroxylation sites is 1. The number of carbonyl (C=O) groups excluding carboxylic acids is 2. The van der Waals surface area contributed by atoms with E-state index in [4.69, 9.17) is 4.99 Å². The van der Waals surface area contributed by atoms with E-state index in [-0.39, 0.29) is 18.0 Å². The number of benzodiazepines with no additional fused rings is 1. The summed E-state index contributed by atoms with van der Waals surface area (Å²) in [6, 6.07) is 7.87. The van der Waals surface area contributed by atoms with E-state index >= 15 is 0 Å². The molecule has 1 aromatic carbocycles. The average molecular weight is 397 g/mol. The molecule has 2 fully saturated rings. The highest BCUT2D eigenvalue weighted by atomic mass is 16.2. The minimum Gasteiger partial charge on any atom is -0.335 e. The van der Waals surface area contributed by atoms with Gasteiger partial charge in [0.05, 0.1) is 11.4 Å². The number of hydrogen-bond acceptors (Lipinski definition) is 3. The van der Waals surface area contributed by atoms with Crippen molar-refractivity contribution in [2.45, 2.75) is 76.4 Å². The largest absolute Gasteiger partial charge is 0.335 e. The zero-order valence-corrected chi connectivity index (χ0v) is 17.3. The highest BCUT2D eigenvalue weighted by Crippen LogP contribution is 2.33. The van der Waals surface area contributed by atoms with Crippen molar-refractivity contribution in [1.29, 1.82) is 0 Å². The maximum atomic E-state index is 13.1. The van der Waals surface area contributed by atoms with Crippen LogP contribution in [-0.4, -0.2) is 36.9 Å². The van der Waals surface area contributed by atoms with Gasteiger partial charge < -0.3 is 15.5 Å². The van der Waals surface area contributed by atoms with Gasteiger partial charge in [-0.3, -0.25) is 9.79 Å². The third-order valence-electron chi connectivity index (χ3n) is 6.57. The van der Waals surface area contributed by atoms with Crippen molar-refractivity contribution < 1.29 is 9.59 Å². The number of rotatable bonds is 3. The van der Waals surface area contributed by atoms with Gasteiger partial charge in [0.25, 0.3) is 5.91 Å². The first kappa shape index (κ1) is 19.9. The predicted molar refractivity (Wildman–Crippen MR) is 115 cm³/mol. The number of fused-ring (bicyclic) bond motifs is 1. The van der Waals surface area contributed by atoms with E-state index in [0.717, 1.165) is 55.5 Å². The summed E-state index contributed by atoms with van der Waals surface area (Å²) < 4.78 is 0. The van der Waals surface area contributed by atoms with Crippen LogP contribution in [-0.2, 0) is 4.79 Å². The number of amides is 3. The lowest BCUT2D eigenvalue weighted by atomic mass is 9.83. The van der Waals surface area contributed by atoms with Crippen LogP contribution in [0, 0.1) is 5.92 Å². The molecule has 1 unspecified atom stereocenters. The van der Waals surface area contributed by atoms with E-state index in [1.807, 2.05) is 18.2 Å². The fourth-order valence-electron chi connectivity index (χ4n) is 4.94. The van der Waals surface area contributed by atoms with E-state index in [1.165, 1.54) is 25.7 Å². The van der Waals surface area contributed by atoms with Crippen LogP contribution in [0.4, 0.5) is 10.5 Å². The van der Waals surface area contributed by atoms with Gasteiger partial charge in [0.2, 0.25) is 6.17 Å². The SMILES string of the molecule is CN1C(=O)C(NC(=O)NC2CCCCC2)N=C(C2CCCCC2)c2ccccc21. The molecule has 6 nitrogen and oxygen atoms in total. The molecule has 4 rings (SSSR count). The number of nitrogens with one attached hydrogen (secondary N) is 2. The van der Waals surface area contributed by atoms with E-state index in [2.05, 4.69) is 16.7 Å². The first-order valence-electron chi connectivity index (χ1n) is 11.1. The van der Waals surface area contributed by atoms with Gasteiger partial charge in [0.1, 0.15) is 0 Å². The lowest BCUT2D eigenvalue weighted by Gasteiger charge is -2.25. The number of hydrogen-bond donors (Lipinski definition) is 2. The smallest absolute Gasteiger partial charge is 0.317 e. The van der Waals surface area contributed by atoms with Crippen LogP contribution in [0.25, 0.3) is 0 Å². The summed E-state index contributed by atoms with van der Waals surface area (Å²) in [7, 11) is 1.77. The Balaban J connectivity index is 1.59. The Morgan fingerprint density at radius 3 is 2.34 bits per heavy atom. The molecule has 29 heavy (non-hydrogen) atoms. The second-order valence-corrected chi connectivity index (χ2v) is 8.62. The Morgan fingerprint density at radius 1 is 0.966 bits per heavy atom. The second kappa shape index (κ2) is 8.97. The molecule has 0 saturated heterocycles. The minimum atomic E-state index is -0.882. The summed E-state index contributed by atoms with van der Waals surface area (Å²) >= 11 is 0. The zero-order valence-electron chi connectivity index (χ0n) is 17.3. The molecular formula is C23H32N4O2. The monoisotopic (exact) mass is 396 g/mol. The van der Waals surface area contributed by atoms with Crippen molar-refractivity contribution in [3.05, 3.63) is 29.8 Å². The van der Waals surface area contributed by atoms with Gasteiger partial charge in [0.15, 0.2) is 0 Å². The van der Waals surface area contributed by atoms with Crippen LogP contribution in [0.3, 0.4) is 0 Å². The summed E-state index contributed by atoms with van der Waals surface area (Å²) in [5.41, 5.74) is 2.87. The molecule has 1 heterocycles. The molecule has 1 aromatic rings. The van der Waals surface area contributed by atoms with Gasteiger partial charge in [-0.05, 0) is 31.7 Å². The van der Waals surface area contributed by atoms with Crippen molar-refractivity contribution >= 4 is 23.3 Å². The highest BCUT2D eigenvalue weighted by Gasteiger charge is 2.33. The van der Waals surface area contributed by atoms with Crippen LogP contribution in [0.1, 0.15) is 69.8 Å². The molecule has 6 heteroatoms. The summed E-state index contributed by atoms with van der Waals surface area (Å²) in [4.78, 5) is 32.3. The Bertz CT molecular complexity index is 779. The highest BCUT2D eigenvalue weighted by molar-refractivity contribution is 6.13. The van der Waals surface area contributed by atoms with Crippen LogP contribution in [0.5, 0.6) is 0 Å². The van der Waals surface area contributed by atoms with E-state index < -0.39 is 6.17 Å². The Morgan fingerprint density at radius 2 is 1.62 bits per heavy atom. The Labute approximate surface area is 173 Å². The summed E-state index contributed by atoms with van der Waals surface area (Å²) in [5.74, 6) is 0.150. The maximum Gasteiger partial charge on any atom is 0.317 e. The molecular weight excluding hydrogens is 364 g/mol. The lowest BCUT2D eigenvalue weighted by Crippen LogP contribution is -2.51. The molecule has 156 valence electrons. The van der Waals surface area contributed by atoms with E-state index in [9.17, 15) is 9.59 Å². The normalized spacial score (nSPS) is 23.8. The fourth-order valence-corrected chi connectivity index (χ4v) is 4.94. The molecule has 3 aliphatic rings. The summed E-state index contributed by atoms with van der Waals surface area (Å²) in [6.45, 7) is 0. The Hall–Kier alpha value is -2.37. The standard InChI is InChI=1S/C23H32N4O2/c1-27-19-15-9-8-14-18(19)20(16-10-4-2-5-11-16)25-21(22(27)28)26-23(29)24-17-12-6-3-7-13-17/h8-9,14-17,21H,2-7,10-13H2,1H3,(H2,24,26,29). The lowest BCUT2D eigenvalue weighted by molar-refractivity contribution is -0.119. The summed E-state index contributed by atoms with van der Waals surface area (Å²) in [5, 5.41) is 5.91.